The van der Waals surface area contributed by atoms with Gasteiger partial charge >= 0.3 is 5.69 Å². The first-order chi connectivity index (χ1) is 9.99. The van der Waals surface area contributed by atoms with Gasteiger partial charge in [0.15, 0.2) is 0 Å². The van der Waals surface area contributed by atoms with Crippen LogP contribution in [0.25, 0.3) is 11.0 Å². The van der Waals surface area contributed by atoms with Crippen LogP contribution in [-0.2, 0) is 14.1 Å². The molecule has 0 spiro atoms. The molecule has 3 nitrogen and oxygen atoms in total. The Kier molecular flexibility index (Phi) is 3.68. The van der Waals surface area contributed by atoms with Gasteiger partial charge in [0, 0.05) is 18.6 Å². The van der Waals surface area contributed by atoms with E-state index < -0.39 is 0 Å². The molecule has 1 heterocycles. The number of fused-ring (bicyclic) bond motifs is 1. The van der Waals surface area contributed by atoms with E-state index in [1.807, 2.05) is 42.5 Å². The topological polar surface area (TPSA) is 26.9 Å². The van der Waals surface area contributed by atoms with Gasteiger partial charge in [0.05, 0.1) is 16.4 Å². The highest BCUT2D eigenvalue weighted by molar-refractivity contribution is 9.10. The lowest BCUT2D eigenvalue weighted by Gasteiger charge is -2.11. The van der Waals surface area contributed by atoms with Crippen LogP contribution in [0.5, 0.6) is 0 Å². The molecule has 0 aliphatic rings. The Balaban J connectivity index is 2.10. The number of nitrogens with zero attached hydrogens (tertiary/aromatic N) is 2. The molecule has 3 aromatic rings. The summed E-state index contributed by atoms with van der Waals surface area (Å²) in [5.74, 6) is 0. The van der Waals surface area contributed by atoms with Crippen LogP contribution in [-0.4, -0.2) is 9.13 Å². The number of aryl methyl sites for hydroxylation is 2. The van der Waals surface area contributed by atoms with E-state index in [2.05, 4.69) is 15.9 Å². The van der Waals surface area contributed by atoms with Gasteiger partial charge in [-0.15, -0.1) is 11.6 Å². The van der Waals surface area contributed by atoms with Gasteiger partial charge in [-0.05, 0) is 35.4 Å². The van der Waals surface area contributed by atoms with Gasteiger partial charge in [-0.2, -0.15) is 0 Å². The molecule has 0 bridgehead atoms. The van der Waals surface area contributed by atoms with Crippen LogP contribution in [0.2, 0.25) is 0 Å². The average molecular weight is 366 g/mol. The van der Waals surface area contributed by atoms with Crippen molar-refractivity contribution in [2.75, 3.05) is 0 Å². The Labute approximate surface area is 135 Å². The van der Waals surface area contributed by atoms with Gasteiger partial charge < -0.3 is 0 Å². The number of rotatable bonds is 2. The molecule has 0 N–H and O–H groups in total. The normalized spacial score (nSPS) is 12.8. The van der Waals surface area contributed by atoms with Crippen LogP contribution in [0.3, 0.4) is 0 Å². The summed E-state index contributed by atoms with van der Waals surface area (Å²) in [7, 11) is 3.55. The number of halogens is 2. The highest BCUT2D eigenvalue weighted by Gasteiger charge is 2.14. The quantitative estimate of drug-likeness (QED) is 0.631. The second-order valence-electron chi connectivity index (χ2n) is 5.06. The summed E-state index contributed by atoms with van der Waals surface area (Å²) in [6.45, 7) is 0. The first-order valence-electron chi connectivity index (χ1n) is 6.54. The summed E-state index contributed by atoms with van der Waals surface area (Å²) in [5.41, 5.74) is 3.78. The zero-order chi connectivity index (χ0) is 15.1. The summed E-state index contributed by atoms with van der Waals surface area (Å²) >= 11 is 9.99. The van der Waals surface area contributed by atoms with Crippen molar-refractivity contribution in [1.82, 2.24) is 9.13 Å². The van der Waals surface area contributed by atoms with Crippen LogP contribution >= 0.6 is 27.5 Å². The molecule has 1 atom stereocenters. The zero-order valence-electron chi connectivity index (χ0n) is 11.7. The van der Waals surface area contributed by atoms with Crippen LogP contribution in [0.4, 0.5) is 0 Å². The SMILES string of the molecule is Cn1c(=O)n(C)c2cc(C(Cl)c3ccc(Br)cc3)ccc21. The molecule has 1 unspecified atom stereocenters. The Hall–Kier alpha value is -1.52. The van der Waals surface area contributed by atoms with Crippen molar-refractivity contribution < 1.29 is 0 Å². The number of benzene rings is 2. The van der Waals surface area contributed by atoms with E-state index in [0.29, 0.717) is 0 Å². The van der Waals surface area contributed by atoms with Gasteiger partial charge in [0.1, 0.15) is 0 Å². The fourth-order valence-corrected chi connectivity index (χ4v) is 3.05. The molecule has 0 aliphatic heterocycles. The maximum absolute atomic E-state index is 12.0. The third-order valence-corrected chi connectivity index (χ3v) is 4.78. The number of alkyl halides is 1. The lowest BCUT2D eigenvalue weighted by molar-refractivity contribution is 0.795. The van der Waals surface area contributed by atoms with Gasteiger partial charge in [0.2, 0.25) is 0 Å². The summed E-state index contributed by atoms with van der Waals surface area (Å²) < 4.78 is 4.31. The zero-order valence-corrected chi connectivity index (χ0v) is 14.0. The number of imidazole rings is 1. The lowest BCUT2D eigenvalue weighted by atomic mass is 10.0. The van der Waals surface area contributed by atoms with Crippen LogP contribution < -0.4 is 5.69 Å². The van der Waals surface area contributed by atoms with Crippen molar-refractivity contribution in [3.05, 3.63) is 68.5 Å². The second-order valence-corrected chi connectivity index (χ2v) is 6.41. The first kappa shape index (κ1) is 14.4. The fourth-order valence-electron chi connectivity index (χ4n) is 2.51. The van der Waals surface area contributed by atoms with E-state index in [9.17, 15) is 4.79 Å². The molecule has 3 rings (SSSR count). The Morgan fingerprint density at radius 1 is 0.952 bits per heavy atom. The summed E-state index contributed by atoms with van der Waals surface area (Å²) in [6, 6.07) is 13.8. The first-order valence-corrected chi connectivity index (χ1v) is 7.77. The summed E-state index contributed by atoms with van der Waals surface area (Å²) in [4.78, 5) is 12.0. The predicted molar refractivity (Wildman–Crippen MR) is 90.0 cm³/mol. The average Bonchev–Trinajstić information content (AvgIpc) is 2.72. The van der Waals surface area contributed by atoms with Crippen molar-refractivity contribution in [3.63, 3.8) is 0 Å². The van der Waals surface area contributed by atoms with Gasteiger partial charge in [-0.25, -0.2) is 4.79 Å². The van der Waals surface area contributed by atoms with Crippen molar-refractivity contribution in [2.45, 2.75) is 5.38 Å². The highest BCUT2D eigenvalue weighted by Crippen LogP contribution is 2.31. The molecule has 0 aliphatic carbocycles. The molecule has 2 aromatic carbocycles. The second kappa shape index (κ2) is 5.35. The fraction of sp³-hybridized carbons (Fsp3) is 0.188. The Bertz CT molecular complexity index is 864. The van der Waals surface area contributed by atoms with Crippen molar-refractivity contribution in [3.8, 4) is 0 Å². The minimum absolute atomic E-state index is 0.0306. The van der Waals surface area contributed by atoms with Gasteiger partial charge in [-0.1, -0.05) is 34.1 Å². The minimum atomic E-state index is -0.238. The van der Waals surface area contributed by atoms with Crippen molar-refractivity contribution in [2.24, 2.45) is 14.1 Å². The third kappa shape index (κ3) is 2.43. The highest BCUT2D eigenvalue weighted by atomic mass is 79.9. The Morgan fingerprint density at radius 2 is 1.52 bits per heavy atom. The molecule has 0 amide bonds. The van der Waals surface area contributed by atoms with E-state index in [1.54, 1.807) is 23.2 Å². The van der Waals surface area contributed by atoms with E-state index >= 15 is 0 Å². The van der Waals surface area contributed by atoms with E-state index in [4.69, 9.17) is 11.6 Å². The third-order valence-electron chi connectivity index (χ3n) is 3.75. The van der Waals surface area contributed by atoms with Crippen molar-refractivity contribution >= 4 is 38.6 Å². The summed E-state index contributed by atoms with van der Waals surface area (Å²) in [5, 5.41) is -0.238. The molecular formula is C16H14BrClN2O. The van der Waals surface area contributed by atoms with Crippen LogP contribution in [0, 0.1) is 0 Å². The number of aromatic nitrogens is 2. The molecule has 0 saturated heterocycles. The van der Waals surface area contributed by atoms with Crippen LogP contribution in [0.1, 0.15) is 16.5 Å². The molecule has 21 heavy (non-hydrogen) atoms. The summed E-state index contributed by atoms with van der Waals surface area (Å²) in [6.07, 6.45) is 0. The molecule has 0 fully saturated rings. The molecule has 0 saturated carbocycles. The molecule has 108 valence electrons. The van der Waals surface area contributed by atoms with Crippen LogP contribution in [0.15, 0.2) is 51.7 Å². The number of hydrogen-bond acceptors (Lipinski definition) is 1. The maximum atomic E-state index is 12.0. The van der Waals surface area contributed by atoms with Crippen molar-refractivity contribution in [1.29, 1.82) is 0 Å². The molecule has 5 heteroatoms. The smallest absolute Gasteiger partial charge is 0.295 e. The van der Waals surface area contributed by atoms with Gasteiger partial charge in [0.25, 0.3) is 0 Å². The van der Waals surface area contributed by atoms with E-state index in [0.717, 1.165) is 26.6 Å². The largest absolute Gasteiger partial charge is 0.328 e. The standard InChI is InChI=1S/C16H14BrClN2O/c1-19-13-8-5-11(9-14(13)20(2)16(19)21)15(18)10-3-6-12(17)7-4-10/h3-9,15H,1-2H3. The number of hydrogen-bond donors (Lipinski definition) is 0. The molecule has 1 aromatic heterocycles. The van der Waals surface area contributed by atoms with E-state index in [-0.39, 0.29) is 11.1 Å². The molecular weight excluding hydrogens is 352 g/mol. The maximum Gasteiger partial charge on any atom is 0.328 e. The van der Waals surface area contributed by atoms with E-state index in [1.165, 1.54) is 0 Å². The minimum Gasteiger partial charge on any atom is -0.295 e. The monoisotopic (exact) mass is 364 g/mol. The van der Waals surface area contributed by atoms with Gasteiger partial charge in [-0.3, -0.25) is 9.13 Å². The predicted octanol–water partition coefficient (Wildman–Crippen LogP) is 3.97. The Morgan fingerprint density at radius 3 is 2.19 bits per heavy atom. The lowest BCUT2D eigenvalue weighted by Crippen LogP contribution is -2.19. The molecule has 0 radical (unpaired) electrons.